The molecule has 3 aromatic rings. The van der Waals surface area contributed by atoms with Crippen molar-refractivity contribution in [3.63, 3.8) is 0 Å². The monoisotopic (exact) mass is 371 g/mol. The molecule has 3 rings (SSSR count). The highest BCUT2D eigenvalue weighted by molar-refractivity contribution is 9.10. The minimum Gasteiger partial charge on any atom is -0.481 e. The molecule has 0 bridgehead atoms. The molecule has 0 saturated carbocycles. The van der Waals surface area contributed by atoms with Gasteiger partial charge in [0.15, 0.2) is 10.4 Å². The molecule has 21 heavy (non-hydrogen) atoms. The molecular formula is C13H8BrF2N3OS. The highest BCUT2D eigenvalue weighted by Gasteiger charge is 2.15. The molecule has 0 aliphatic carbocycles. The van der Waals surface area contributed by atoms with Gasteiger partial charge in [-0.3, -0.25) is 4.57 Å². The smallest absolute Gasteiger partial charge is 0.215 e. The van der Waals surface area contributed by atoms with Gasteiger partial charge in [-0.2, -0.15) is 4.98 Å². The van der Waals surface area contributed by atoms with Crippen molar-refractivity contribution in [3.8, 4) is 11.6 Å². The Morgan fingerprint density at radius 2 is 2.05 bits per heavy atom. The zero-order valence-electron chi connectivity index (χ0n) is 10.7. The SMILES string of the molecule is COc1ccc2[nH]c(=S)n(-c3cc(F)c(Br)cc3F)c2n1. The molecule has 0 unspecified atom stereocenters. The summed E-state index contributed by atoms with van der Waals surface area (Å²) in [6.45, 7) is 0. The van der Waals surface area contributed by atoms with Gasteiger partial charge in [-0.05, 0) is 40.3 Å². The molecule has 0 spiro atoms. The summed E-state index contributed by atoms with van der Waals surface area (Å²) in [6, 6.07) is 5.46. The number of imidazole rings is 1. The largest absolute Gasteiger partial charge is 0.481 e. The zero-order valence-corrected chi connectivity index (χ0v) is 13.1. The van der Waals surface area contributed by atoms with Crippen molar-refractivity contribution in [2.75, 3.05) is 7.11 Å². The molecule has 1 N–H and O–H groups in total. The fourth-order valence-electron chi connectivity index (χ4n) is 1.99. The maximum absolute atomic E-state index is 14.1. The van der Waals surface area contributed by atoms with Crippen LogP contribution in [-0.4, -0.2) is 21.6 Å². The molecule has 0 aliphatic heterocycles. The molecular weight excluding hydrogens is 364 g/mol. The first kappa shape index (κ1) is 14.2. The summed E-state index contributed by atoms with van der Waals surface area (Å²) in [6.07, 6.45) is 0. The van der Waals surface area contributed by atoms with E-state index in [0.29, 0.717) is 17.0 Å². The molecule has 2 aromatic heterocycles. The number of nitrogens with one attached hydrogen (secondary N) is 1. The Bertz CT molecular complexity index is 906. The van der Waals surface area contributed by atoms with Crippen LogP contribution >= 0.6 is 28.1 Å². The van der Waals surface area contributed by atoms with Crippen LogP contribution in [0.4, 0.5) is 8.78 Å². The number of aromatic amines is 1. The third kappa shape index (κ3) is 2.34. The van der Waals surface area contributed by atoms with Gasteiger partial charge in [-0.25, -0.2) is 8.78 Å². The topological polar surface area (TPSA) is 42.8 Å². The van der Waals surface area contributed by atoms with Gasteiger partial charge in [0.1, 0.15) is 11.6 Å². The van der Waals surface area contributed by atoms with Gasteiger partial charge in [0.2, 0.25) is 5.88 Å². The van der Waals surface area contributed by atoms with Gasteiger partial charge >= 0.3 is 0 Å². The summed E-state index contributed by atoms with van der Waals surface area (Å²) in [4.78, 5) is 7.12. The van der Waals surface area contributed by atoms with Crippen molar-refractivity contribution in [2.24, 2.45) is 0 Å². The number of fused-ring (bicyclic) bond motifs is 1. The highest BCUT2D eigenvalue weighted by Crippen LogP contribution is 2.26. The number of rotatable bonds is 2. The highest BCUT2D eigenvalue weighted by atomic mass is 79.9. The van der Waals surface area contributed by atoms with E-state index in [1.165, 1.54) is 11.7 Å². The maximum atomic E-state index is 14.1. The molecule has 0 aliphatic rings. The standard InChI is InChI=1S/C13H8BrF2N3OS/c1-20-11-3-2-9-12(18-11)19(13(21)17-9)10-5-7(15)6(14)4-8(10)16/h2-5H,1H3,(H,17,21). The molecule has 0 fully saturated rings. The van der Waals surface area contributed by atoms with Gasteiger partial charge < -0.3 is 9.72 Å². The Morgan fingerprint density at radius 1 is 1.29 bits per heavy atom. The number of hydrogen-bond donors (Lipinski definition) is 1. The summed E-state index contributed by atoms with van der Waals surface area (Å²) in [5, 5.41) is 0. The number of methoxy groups -OCH3 is 1. The molecule has 0 radical (unpaired) electrons. The van der Waals surface area contributed by atoms with Crippen LogP contribution in [0.2, 0.25) is 0 Å². The average Bonchev–Trinajstić information content (AvgIpc) is 2.78. The first-order chi connectivity index (χ1) is 10.0. The van der Waals surface area contributed by atoms with E-state index in [0.717, 1.165) is 12.1 Å². The van der Waals surface area contributed by atoms with E-state index in [9.17, 15) is 8.78 Å². The predicted octanol–water partition coefficient (Wildman–Crippen LogP) is 4.13. The van der Waals surface area contributed by atoms with E-state index in [-0.39, 0.29) is 14.9 Å². The molecule has 108 valence electrons. The molecule has 0 amide bonds. The number of halogens is 3. The third-order valence-electron chi connectivity index (χ3n) is 2.95. The Balaban J connectivity index is 2.36. The van der Waals surface area contributed by atoms with Crippen LogP contribution in [0.25, 0.3) is 16.9 Å². The van der Waals surface area contributed by atoms with E-state index in [4.69, 9.17) is 17.0 Å². The number of pyridine rings is 1. The van der Waals surface area contributed by atoms with E-state index in [2.05, 4.69) is 25.9 Å². The average molecular weight is 372 g/mol. The minimum atomic E-state index is -0.620. The summed E-state index contributed by atoms with van der Waals surface area (Å²) >= 11 is 8.12. The van der Waals surface area contributed by atoms with Gasteiger partial charge in [0.25, 0.3) is 0 Å². The van der Waals surface area contributed by atoms with Gasteiger partial charge in [-0.15, -0.1) is 0 Å². The van der Waals surface area contributed by atoms with Crippen LogP contribution in [0.1, 0.15) is 0 Å². The molecule has 0 saturated heterocycles. The Kier molecular flexibility index (Phi) is 3.50. The second kappa shape index (κ2) is 5.19. The van der Waals surface area contributed by atoms with Crippen LogP contribution in [-0.2, 0) is 0 Å². The summed E-state index contributed by atoms with van der Waals surface area (Å²) < 4.78 is 34.5. The van der Waals surface area contributed by atoms with Crippen LogP contribution in [0.15, 0.2) is 28.7 Å². The first-order valence-electron chi connectivity index (χ1n) is 5.82. The summed E-state index contributed by atoms with van der Waals surface area (Å²) in [7, 11) is 1.47. The van der Waals surface area contributed by atoms with Crippen molar-refractivity contribution >= 4 is 39.3 Å². The lowest BCUT2D eigenvalue weighted by Crippen LogP contribution is -2.01. The predicted molar refractivity (Wildman–Crippen MR) is 80.4 cm³/mol. The van der Waals surface area contributed by atoms with Crippen LogP contribution in [0.3, 0.4) is 0 Å². The fourth-order valence-corrected chi connectivity index (χ4v) is 2.60. The van der Waals surface area contributed by atoms with Crippen molar-refractivity contribution in [1.82, 2.24) is 14.5 Å². The number of aromatic nitrogens is 3. The quantitative estimate of drug-likeness (QED) is 0.543. The first-order valence-corrected chi connectivity index (χ1v) is 7.02. The normalized spacial score (nSPS) is 11.0. The van der Waals surface area contributed by atoms with Gasteiger partial charge in [0.05, 0.1) is 22.8 Å². The summed E-state index contributed by atoms with van der Waals surface area (Å²) in [5.41, 5.74) is 0.941. The Labute approximate surface area is 131 Å². The van der Waals surface area contributed by atoms with Crippen molar-refractivity contribution in [1.29, 1.82) is 0 Å². The molecule has 0 atom stereocenters. The number of benzene rings is 1. The number of hydrogen-bond acceptors (Lipinski definition) is 3. The van der Waals surface area contributed by atoms with E-state index in [1.54, 1.807) is 12.1 Å². The molecule has 4 nitrogen and oxygen atoms in total. The molecule has 8 heteroatoms. The maximum Gasteiger partial charge on any atom is 0.215 e. The summed E-state index contributed by atoms with van der Waals surface area (Å²) in [5.74, 6) is -0.862. The molecule has 2 heterocycles. The van der Waals surface area contributed by atoms with Gasteiger partial charge in [0, 0.05) is 12.1 Å². The van der Waals surface area contributed by atoms with Crippen molar-refractivity contribution in [3.05, 3.63) is 45.1 Å². The lowest BCUT2D eigenvalue weighted by Gasteiger charge is -2.07. The van der Waals surface area contributed by atoms with E-state index < -0.39 is 11.6 Å². The number of ether oxygens (including phenoxy) is 1. The van der Waals surface area contributed by atoms with E-state index >= 15 is 0 Å². The van der Waals surface area contributed by atoms with Crippen LogP contribution < -0.4 is 4.74 Å². The minimum absolute atomic E-state index is 0.0206. The number of nitrogens with zero attached hydrogens (tertiary/aromatic N) is 2. The second-order valence-corrected chi connectivity index (χ2v) is 5.45. The van der Waals surface area contributed by atoms with Crippen molar-refractivity contribution in [2.45, 2.75) is 0 Å². The van der Waals surface area contributed by atoms with Gasteiger partial charge in [-0.1, -0.05) is 0 Å². The lowest BCUT2D eigenvalue weighted by molar-refractivity contribution is 0.399. The number of H-pyrrole nitrogens is 1. The Hall–Kier alpha value is -1.80. The van der Waals surface area contributed by atoms with Crippen LogP contribution in [0, 0.1) is 16.4 Å². The lowest BCUT2D eigenvalue weighted by atomic mass is 10.3. The Morgan fingerprint density at radius 3 is 2.76 bits per heavy atom. The van der Waals surface area contributed by atoms with Crippen molar-refractivity contribution < 1.29 is 13.5 Å². The third-order valence-corrected chi connectivity index (χ3v) is 3.84. The second-order valence-electron chi connectivity index (χ2n) is 4.21. The fraction of sp³-hybridized carbons (Fsp3) is 0.0769. The van der Waals surface area contributed by atoms with Crippen LogP contribution in [0.5, 0.6) is 5.88 Å². The van der Waals surface area contributed by atoms with E-state index in [1.807, 2.05) is 0 Å². The zero-order chi connectivity index (χ0) is 15.1. The molecule has 1 aromatic carbocycles.